The molecule has 0 spiro atoms. The van der Waals surface area contributed by atoms with E-state index in [-0.39, 0.29) is 5.91 Å². The van der Waals surface area contributed by atoms with Gasteiger partial charge < -0.3 is 4.42 Å². The van der Waals surface area contributed by atoms with Gasteiger partial charge in [0.1, 0.15) is 6.33 Å². The smallest absolute Gasteiger partial charge is 0.306 e. The second kappa shape index (κ2) is 4.03. The highest BCUT2D eigenvalue weighted by Crippen LogP contribution is 2.12. The van der Waals surface area contributed by atoms with Crippen LogP contribution in [0, 0.1) is 6.92 Å². The Morgan fingerprint density at radius 3 is 2.94 bits per heavy atom. The zero-order valence-electron chi connectivity index (χ0n) is 9.75. The fourth-order valence-corrected chi connectivity index (χ4v) is 1.81. The first-order chi connectivity index (χ1) is 8.75. The molecule has 0 atom stereocenters. The van der Waals surface area contributed by atoms with Crippen LogP contribution in [-0.2, 0) is 0 Å². The molecule has 90 valence electrons. The molecule has 0 aliphatic heterocycles. The summed E-state index contributed by atoms with van der Waals surface area (Å²) in [5.41, 5.74) is 5.20. The van der Waals surface area contributed by atoms with Crippen molar-refractivity contribution in [3.05, 3.63) is 54.2 Å². The van der Waals surface area contributed by atoms with Crippen molar-refractivity contribution in [2.24, 2.45) is 0 Å². The van der Waals surface area contributed by atoms with Crippen molar-refractivity contribution in [2.75, 3.05) is 5.43 Å². The second-order valence-corrected chi connectivity index (χ2v) is 3.98. The lowest BCUT2D eigenvalue weighted by Crippen LogP contribution is -2.22. The number of para-hydroxylation sites is 2. The van der Waals surface area contributed by atoms with Gasteiger partial charge in [-0.1, -0.05) is 12.1 Å². The molecular weight excluding hydrogens is 230 g/mol. The van der Waals surface area contributed by atoms with E-state index in [4.69, 9.17) is 4.42 Å². The second-order valence-electron chi connectivity index (χ2n) is 3.98. The number of furan rings is 1. The average Bonchev–Trinajstić information content (AvgIpc) is 2.97. The number of hydrogen-bond donors (Lipinski definition) is 1. The van der Waals surface area contributed by atoms with Gasteiger partial charge in [0.25, 0.3) is 0 Å². The molecule has 1 aromatic carbocycles. The van der Waals surface area contributed by atoms with Crippen molar-refractivity contribution >= 4 is 16.9 Å². The molecule has 18 heavy (non-hydrogen) atoms. The minimum Gasteiger partial charge on any atom is -0.459 e. The summed E-state index contributed by atoms with van der Waals surface area (Å²) in [6.45, 7) is 1.82. The molecule has 1 amide bonds. The van der Waals surface area contributed by atoms with Gasteiger partial charge in [0, 0.05) is 5.56 Å². The number of hydrogen-bond acceptors (Lipinski definition) is 3. The molecule has 5 nitrogen and oxygen atoms in total. The standard InChI is InChI=1S/C13H11N3O2/c1-9-6-7-18-12(9)13(17)15-16-8-14-10-4-2-3-5-11(10)16/h2-8H,1H3,(H,15,17). The maximum atomic E-state index is 12.0. The molecule has 2 aromatic heterocycles. The van der Waals surface area contributed by atoms with Crippen molar-refractivity contribution in [3.8, 4) is 0 Å². The van der Waals surface area contributed by atoms with Gasteiger partial charge in [0.2, 0.25) is 0 Å². The van der Waals surface area contributed by atoms with Gasteiger partial charge in [-0.05, 0) is 25.1 Å². The minimum atomic E-state index is -0.291. The molecule has 0 saturated carbocycles. The Balaban J connectivity index is 1.93. The highest BCUT2D eigenvalue weighted by molar-refractivity contribution is 5.99. The first-order valence-electron chi connectivity index (χ1n) is 5.53. The van der Waals surface area contributed by atoms with Gasteiger partial charge in [-0.25, -0.2) is 9.66 Å². The monoisotopic (exact) mass is 241 g/mol. The number of nitrogens with zero attached hydrogens (tertiary/aromatic N) is 2. The third kappa shape index (κ3) is 1.66. The van der Waals surface area contributed by atoms with Crippen molar-refractivity contribution < 1.29 is 9.21 Å². The molecule has 0 unspecified atom stereocenters. The number of carbonyl (C=O) groups excluding carboxylic acids is 1. The lowest BCUT2D eigenvalue weighted by molar-refractivity contribution is 0.0981. The molecular formula is C13H11N3O2. The predicted molar refractivity (Wildman–Crippen MR) is 66.9 cm³/mol. The number of rotatable bonds is 2. The van der Waals surface area contributed by atoms with Crippen molar-refractivity contribution in [3.63, 3.8) is 0 Å². The van der Waals surface area contributed by atoms with Gasteiger partial charge in [0.05, 0.1) is 17.3 Å². The Morgan fingerprint density at radius 1 is 1.33 bits per heavy atom. The summed E-state index contributed by atoms with van der Waals surface area (Å²) >= 11 is 0. The summed E-state index contributed by atoms with van der Waals surface area (Å²) in [7, 11) is 0. The van der Waals surface area contributed by atoms with Gasteiger partial charge in [0.15, 0.2) is 5.76 Å². The fourth-order valence-electron chi connectivity index (χ4n) is 1.81. The molecule has 2 heterocycles. The SMILES string of the molecule is Cc1ccoc1C(=O)Nn1cnc2ccccc21. The molecule has 0 aliphatic carbocycles. The Hall–Kier alpha value is -2.56. The average molecular weight is 241 g/mol. The Labute approximate surface area is 103 Å². The lowest BCUT2D eigenvalue weighted by atomic mass is 10.3. The predicted octanol–water partition coefficient (Wildman–Crippen LogP) is 2.32. The summed E-state index contributed by atoms with van der Waals surface area (Å²) < 4.78 is 6.72. The Bertz CT molecular complexity index is 712. The van der Waals surface area contributed by atoms with E-state index in [2.05, 4.69) is 10.4 Å². The molecule has 0 bridgehead atoms. The molecule has 0 aliphatic rings. The van der Waals surface area contributed by atoms with Crippen LogP contribution in [0.25, 0.3) is 11.0 Å². The zero-order chi connectivity index (χ0) is 12.5. The lowest BCUT2D eigenvalue weighted by Gasteiger charge is -2.05. The largest absolute Gasteiger partial charge is 0.459 e. The van der Waals surface area contributed by atoms with Crippen LogP contribution >= 0.6 is 0 Å². The van der Waals surface area contributed by atoms with Crippen molar-refractivity contribution in [1.29, 1.82) is 0 Å². The van der Waals surface area contributed by atoms with Crippen LogP contribution < -0.4 is 5.43 Å². The van der Waals surface area contributed by atoms with E-state index in [1.165, 1.54) is 6.26 Å². The van der Waals surface area contributed by atoms with Gasteiger partial charge >= 0.3 is 5.91 Å². The van der Waals surface area contributed by atoms with Crippen LogP contribution in [-0.4, -0.2) is 15.6 Å². The van der Waals surface area contributed by atoms with Crippen molar-refractivity contribution in [2.45, 2.75) is 6.92 Å². The highest BCUT2D eigenvalue weighted by Gasteiger charge is 2.13. The Kier molecular flexibility index (Phi) is 2.37. The number of amides is 1. The van der Waals surface area contributed by atoms with E-state index < -0.39 is 0 Å². The number of nitrogens with one attached hydrogen (secondary N) is 1. The fraction of sp³-hybridized carbons (Fsp3) is 0.0769. The van der Waals surface area contributed by atoms with Gasteiger partial charge in [-0.15, -0.1) is 0 Å². The minimum absolute atomic E-state index is 0.291. The van der Waals surface area contributed by atoms with E-state index in [1.807, 2.05) is 31.2 Å². The van der Waals surface area contributed by atoms with E-state index in [1.54, 1.807) is 17.1 Å². The topological polar surface area (TPSA) is 60.1 Å². The maximum absolute atomic E-state index is 12.0. The normalized spacial score (nSPS) is 10.7. The van der Waals surface area contributed by atoms with E-state index in [9.17, 15) is 4.79 Å². The Morgan fingerprint density at radius 2 is 2.17 bits per heavy atom. The number of imidazole rings is 1. The third-order valence-electron chi connectivity index (χ3n) is 2.74. The number of carbonyl (C=O) groups is 1. The summed E-state index contributed by atoms with van der Waals surface area (Å²) in [6, 6.07) is 9.32. The molecule has 0 fully saturated rings. The molecule has 0 radical (unpaired) electrons. The van der Waals surface area contributed by atoms with Crippen LogP contribution in [0.15, 0.2) is 47.3 Å². The number of aryl methyl sites for hydroxylation is 1. The third-order valence-corrected chi connectivity index (χ3v) is 2.74. The van der Waals surface area contributed by atoms with Gasteiger partial charge in [-0.2, -0.15) is 0 Å². The molecule has 5 heteroatoms. The first kappa shape index (κ1) is 10.6. The zero-order valence-corrected chi connectivity index (χ0v) is 9.75. The molecule has 3 rings (SSSR count). The van der Waals surface area contributed by atoms with E-state index in [0.717, 1.165) is 16.6 Å². The van der Waals surface area contributed by atoms with E-state index >= 15 is 0 Å². The number of benzene rings is 1. The summed E-state index contributed by atoms with van der Waals surface area (Å²) in [4.78, 5) is 16.2. The summed E-state index contributed by atoms with van der Waals surface area (Å²) in [6.07, 6.45) is 3.07. The van der Waals surface area contributed by atoms with Crippen LogP contribution in [0.3, 0.4) is 0 Å². The van der Waals surface area contributed by atoms with Crippen LogP contribution in [0.5, 0.6) is 0 Å². The first-order valence-corrected chi connectivity index (χ1v) is 5.53. The molecule has 1 N–H and O–H groups in total. The molecule has 0 saturated heterocycles. The van der Waals surface area contributed by atoms with E-state index in [0.29, 0.717) is 5.76 Å². The number of fused-ring (bicyclic) bond motifs is 1. The van der Waals surface area contributed by atoms with Gasteiger partial charge in [-0.3, -0.25) is 10.2 Å². The quantitative estimate of drug-likeness (QED) is 0.749. The van der Waals surface area contributed by atoms with Crippen molar-refractivity contribution in [1.82, 2.24) is 9.66 Å². The van der Waals surface area contributed by atoms with Crippen LogP contribution in [0.2, 0.25) is 0 Å². The summed E-state index contributed by atoms with van der Waals surface area (Å²) in [5.74, 6) is 0.0217. The number of aromatic nitrogens is 2. The summed E-state index contributed by atoms with van der Waals surface area (Å²) in [5, 5.41) is 0. The van der Waals surface area contributed by atoms with Crippen LogP contribution in [0.4, 0.5) is 0 Å². The van der Waals surface area contributed by atoms with Crippen LogP contribution in [0.1, 0.15) is 16.1 Å². The maximum Gasteiger partial charge on any atom is 0.306 e. The highest BCUT2D eigenvalue weighted by atomic mass is 16.3. The molecule has 3 aromatic rings.